The Hall–Kier alpha value is -3.23. The van der Waals surface area contributed by atoms with Crippen molar-refractivity contribution in [3.8, 4) is 0 Å². The van der Waals surface area contributed by atoms with Gasteiger partial charge in [-0.05, 0) is 42.0 Å². The molecular weight excluding hydrogens is 435 g/mol. The fraction of sp³-hybridized carbons (Fsp3) is 0.385. The Morgan fingerprint density at radius 2 is 1.88 bits per heavy atom. The number of fused-ring (bicyclic) bond motifs is 1. The molecule has 2 N–H and O–H groups in total. The van der Waals surface area contributed by atoms with E-state index >= 15 is 0 Å². The number of carbonyl (C=O) groups is 2. The fourth-order valence-corrected chi connectivity index (χ4v) is 4.05. The topological polar surface area (TPSA) is 75.6 Å². The van der Waals surface area contributed by atoms with E-state index in [1.807, 2.05) is 48.7 Å². The molecule has 8 heteroatoms. The first-order valence-corrected chi connectivity index (χ1v) is 11.7. The number of rotatable bonds is 8. The van der Waals surface area contributed by atoms with Crippen LogP contribution < -0.4 is 10.6 Å². The summed E-state index contributed by atoms with van der Waals surface area (Å²) < 4.78 is 21.1. The van der Waals surface area contributed by atoms with Gasteiger partial charge in [0.25, 0.3) is 5.91 Å². The molecule has 1 saturated heterocycles. The third-order valence-corrected chi connectivity index (χ3v) is 5.97. The number of aromatic nitrogens is 1. The average molecular weight is 467 g/mol. The van der Waals surface area contributed by atoms with Gasteiger partial charge in [0.2, 0.25) is 5.91 Å². The second kappa shape index (κ2) is 10.8. The lowest BCUT2D eigenvalue weighted by molar-refractivity contribution is -0.118. The number of benzene rings is 2. The molecule has 0 atom stereocenters. The van der Waals surface area contributed by atoms with Gasteiger partial charge < -0.3 is 19.9 Å². The molecule has 2 amide bonds. The van der Waals surface area contributed by atoms with Crippen molar-refractivity contribution in [2.24, 2.45) is 5.92 Å². The van der Waals surface area contributed by atoms with Crippen LogP contribution in [0.25, 0.3) is 10.9 Å². The van der Waals surface area contributed by atoms with Crippen LogP contribution in [-0.2, 0) is 16.1 Å². The highest BCUT2D eigenvalue weighted by atomic mass is 19.1. The first-order valence-electron chi connectivity index (χ1n) is 11.7. The number of anilines is 1. The lowest BCUT2D eigenvalue weighted by atomic mass is 10.2. The summed E-state index contributed by atoms with van der Waals surface area (Å²) in [5.41, 5.74) is 2.77. The first-order chi connectivity index (χ1) is 16.4. The Balaban J connectivity index is 1.59. The fourth-order valence-electron chi connectivity index (χ4n) is 4.05. The molecule has 0 saturated carbocycles. The zero-order valence-corrected chi connectivity index (χ0v) is 19.6. The second-order valence-corrected chi connectivity index (χ2v) is 8.87. The van der Waals surface area contributed by atoms with Crippen LogP contribution in [0.5, 0.6) is 0 Å². The van der Waals surface area contributed by atoms with Gasteiger partial charge in [0.05, 0.1) is 13.2 Å². The highest BCUT2D eigenvalue weighted by Crippen LogP contribution is 2.25. The molecule has 7 nitrogen and oxygen atoms in total. The second-order valence-electron chi connectivity index (χ2n) is 8.87. The van der Waals surface area contributed by atoms with Crippen LogP contribution >= 0.6 is 0 Å². The lowest BCUT2D eigenvalue weighted by Gasteiger charge is -2.26. The van der Waals surface area contributed by atoms with Crippen molar-refractivity contribution in [3.05, 3.63) is 65.6 Å². The maximum Gasteiger partial charge on any atom is 0.267 e. The zero-order chi connectivity index (χ0) is 24.1. The lowest BCUT2D eigenvalue weighted by Crippen LogP contribution is -2.41. The van der Waals surface area contributed by atoms with E-state index in [-0.39, 0.29) is 23.5 Å². The number of ether oxygens (including phenoxy) is 1. The van der Waals surface area contributed by atoms with E-state index in [0.29, 0.717) is 37.7 Å². The molecule has 0 aliphatic carbocycles. The number of hydrogen-bond acceptors (Lipinski definition) is 4. The summed E-state index contributed by atoms with van der Waals surface area (Å²) in [6, 6.07) is 13.8. The van der Waals surface area contributed by atoms with Gasteiger partial charge >= 0.3 is 0 Å². The molecule has 2 heterocycles. The first kappa shape index (κ1) is 23.9. The van der Waals surface area contributed by atoms with E-state index in [9.17, 15) is 14.0 Å². The highest BCUT2D eigenvalue weighted by molar-refractivity contribution is 6.00. The molecular formula is C26H31FN4O3. The number of hydrogen-bond donors (Lipinski definition) is 2. The number of amides is 2. The summed E-state index contributed by atoms with van der Waals surface area (Å²) in [4.78, 5) is 27.5. The van der Waals surface area contributed by atoms with Crippen molar-refractivity contribution in [1.29, 1.82) is 0 Å². The number of nitrogens with zero attached hydrogens (tertiary/aromatic N) is 2. The zero-order valence-electron chi connectivity index (χ0n) is 19.6. The van der Waals surface area contributed by atoms with Crippen LogP contribution in [0.1, 0.15) is 29.9 Å². The van der Waals surface area contributed by atoms with E-state index in [1.54, 1.807) is 6.07 Å². The van der Waals surface area contributed by atoms with E-state index in [0.717, 1.165) is 36.1 Å². The Morgan fingerprint density at radius 1 is 1.09 bits per heavy atom. The Kier molecular flexibility index (Phi) is 7.59. The average Bonchev–Trinajstić information content (AvgIpc) is 3.17. The maximum absolute atomic E-state index is 13.8. The van der Waals surface area contributed by atoms with Crippen LogP contribution in [-0.4, -0.2) is 60.7 Å². The monoisotopic (exact) mass is 466 g/mol. The third-order valence-electron chi connectivity index (χ3n) is 5.97. The number of carbonyl (C=O) groups excluding carboxylic acids is 2. The summed E-state index contributed by atoms with van der Waals surface area (Å²) in [7, 11) is 0. The van der Waals surface area contributed by atoms with Gasteiger partial charge in [0.1, 0.15) is 11.5 Å². The third kappa shape index (κ3) is 5.81. The van der Waals surface area contributed by atoms with Crippen molar-refractivity contribution in [1.82, 2.24) is 14.8 Å². The van der Waals surface area contributed by atoms with Gasteiger partial charge in [0, 0.05) is 55.2 Å². The molecule has 1 aliphatic rings. The largest absolute Gasteiger partial charge is 0.379 e. The molecule has 0 unspecified atom stereocenters. The Bertz CT molecular complexity index is 1170. The molecule has 2 aromatic carbocycles. The molecule has 0 bridgehead atoms. The molecule has 180 valence electrons. The van der Waals surface area contributed by atoms with E-state index in [1.165, 1.54) is 12.1 Å². The molecule has 3 aromatic rings. The summed E-state index contributed by atoms with van der Waals surface area (Å²) in [6.07, 6.45) is 0. The van der Waals surface area contributed by atoms with Crippen molar-refractivity contribution in [3.63, 3.8) is 0 Å². The van der Waals surface area contributed by atoms with Crippen molar-refractivity contribution in [2.75, 3.05) is 44.7 Å². The molecule has 1 aromatic heterocycles. The van der Waals surface area contributed by atoms with Crippen molar-refractivity contribution < 1.29 is 18.7 Å². The van der Waals surface area contributed by atoms with Crippen LogP contribution in [0.15, 0.2) is 48.5 Å². The van der Waals surface area contributed by atoms with Crippen LogP contribution in [0, 0.1) is 11.7 Å². The predicted molar refractivity (Wildman–Crippen MR) is 130 cm³/mol. The Labute approximate surface area is 198 Å². The normalized spacial score (nSPS) is 14.5. The molecule has 4 rings (SSSR count). The number of morpholine rings is 1. The van der Waals surface area contributed by atoms with Crippen LogP contribution in [0.3, 0.4) is 0 Å². The smallest absolute Gasteiger partial charge is 0.267 e. The minimum absolute atomic E-state index is 0.0698. The van der Waals surface area contributed by atoms with Gasteiger partial charge in [-0.3, -0.25) is 14.5 Å². The van der Waals surface area contributed by atoms with Gasteiger partial charge in [0.15, 0.2) is 0 Å². The van der Waals surface area contributed by atoms with Crippen molar-refractivity contribution >= 4 is 28.4 Å². The molecule has 1 fully saturated rings. The summed E-state index contributed by atoms with van der Waals surface area (Å²) in [5.74, 6) is -0.710. The SMILES string of the molecule is CC(C)C(=O)Nc1ccc2c(c1)cc(C(=O)NCCN1CCOCC1)n2Cc1cccc(F)c1. The van der Waals surface area contributed by atoms with Crippen molar-refractivity contribution in [2.45, 2.75) is 20.4 Å². The minimum Gasteiger partial charge on any atom is -0.379 e. The molecule has 0 radical (unpaired) electrons. The summed E-state index contributed by atoms with van der Waals surface area (Å²) in [5, 5.41) is 6.76. The van der Waals surface area contributed by atoms with Gasteiger partial charge in [-0.15, -0.1) is 0 Å². The minimum atomic E-state index is -0.316. The summed E-state index contributed by atoms with van der Waals surface area (Å²) >= 11 is 0. The summed E-state index contributed by atoms with van der Waals surface area (Å²) in [6.45, 7) is 8.45. The molecule has 0 spiro atoms. The standard InChI is InChI=1S/C26H31FN4O3/c1-18(2)25(32)29-22-6-7-23-20(15-22)16-24(31(23)17-19-4-3-5-21(27)14-19)26(33)28-8-9-30-10-12-34-13-11-30/h3-7,14-16,18H,8-13,17H2,1-2H3,(H,28,33)(H,29,32). The maximum atomic E-state index is 13.8. The number of nitrogens with one attached hydrogen (secondary N) is 2. The molecule has 1 aliphatic heterocycles. The van der Waals surface area contributed by atoms with E-state index in [2.05, 4.69) is 15.5 Å². The molecule has 34 heavy (non-hydrogen) atoms. The van der Waals surface area contributed by atoms with E-state index < -0.39 is 0 Å². The Morgan fingerprint density at radius 3 is 2.62 bits per heavy atom. The van der Waals surface area contributed by atoms with Crippen LogP contribution in [0.4, 0.5) is 10.1 Å². The van der Waals surface area contributed by atoms with E-state index in [4.69, 9.17) is 4.74 Å². The highest BCUT2D eigenvalue weighted by Gasteiger charge is 2.18. The number of halogens is 1. The van der Waals surface area contributed by atoms with Gasteiger partial charge in [-0.25, -0.2) is 4.39 Å². The predicted octanol–water partition coefficient (Wildman–Crippen LogP) is 3.49. The quantitative estimate of drug-likeness (QED) is 0.533. The van der Waals surface area contributed by atoms with Gasteiger partial charge in [-0.1, -0.05) is 26.0 Å². The van der Waals surface area contributed by atoms with Gasteiger partial charge in [-0.2, -0.15) is 0 Å². The van der Waals surface area contributed by atoms with Crippen LogP contribution in [0.2, 0.25) is 0 Å².